The van der Waals surface area contributed by atoms with Crippen LogP contribution in [0.25, 0.3) is 0 Å². The highest BCUT2D eigenvalue weighted by Gasteiger charge is 2.30. The fourth-order valence-electron chi connectivity index (χ4n) is 2.56. The van der Waals surface area contributed by atoms with Crippen LogP contribution in [0.4, 0.5) is 13.2 Å². The third-order valence-electron chi connectivity index (χ3n) is 3.77. The quantitative estimate of drug-likeness (QED) is 0.900. The topological polar surface area (TPSA) is 47.6 Å². The number of fused-ring (bicyclic) bond motifs is 1. The Morgan fingerprint density at radius 3 is 2.76 bits per heavy atom. The Morgan fingerprint density at radius 1 is 1.20 bits per heavy atom. The first-order chi connectivity index (χ1) is 11.9. The number of benzene rings is 2. The van der Waals surface area contributed by atoms with Crippen LogP contribution < -0.4 is 14.8 Å². The van der Waals surface area contributed by atoms with Gasteiger partial charge in [-0.05, 0) is 29.8 Å². The Kier molecular flexibility index (Phi) is 4.83. The van der Waals surface area contributed by atoms with Crippen molar-refractivity contribution in [3.8, 4) is 11.5 Å². The molecule has 0 fully saturated rings. The molecule has 7 heteroatoms. The van der Waals surface area contributed by atoms with E-state index in [1.54, 1.807) is 0 Å². The monoisotopic (exact) mass is 351 g/mol. The van der Waals surface area contributed by atoms with E-state index in [1.807, 2.05) is 24.3 Å². The Hall–Kier alpha value is -2.70. The average Bonchev–Trinajstić information content (AvgIpc) is 3.00. The van der Waals surface area contributed by atoms with Gasteiger partial charge in [-0.1, -0.05) is 24.3 Å². The van der Waals surface area contributed by atoms with Crippen LogP contribution in [0.3, 0.4) is 0 Å². The smallest absolute Gasteiger partial charge is 0.416 e. The molecule has 1 atom stereocenters. The van der Waals surface area contributed by atoms with E-state index in [0.29, 0.717) is 13.0 Å². The van der Waals surface area contributed by atoms with Gasteiger partial charge in [0.15, 0.2) is 6.61 Å². The number of nitrogens with one attached hydrogen (secondary N) is 1. The Morgan fingerprint density at radius 2 is 2.00 bits per heavy atom. The average molecular weight is 351 g/mol. The van der Waals surface area contributed by atoms with E-state index >= 15 is 0 Å². The van der Waals surface area contributed by atoms with Crippen molar-refractivity contribution in [1.82, 2.24) is 5.32 Å². The van der Waals surface area contributed by atoms with Gasteiger partial charge in [-0.3, -0.25) is 4.79 Å². The number of ether oxygens (including phenoxy) is 2. The van der Waals surface area contributed by atoms with Crippen molar-refractivity contribution in [3.05, 3.63) is 59.7 Å². The number of alkyl halides is 3. The molecule has 0 spiro atoms. The summed E-state index contributed by atoms with van der Waals surface area (Å²) in [5.41, 5.74) is 0.268. The number of hydrogen-bond donors (Lipinski definition) is 1. The van der Waals surface area contributed by atoms with E-state index in [1.165, 1.54) is 12.1 Å². The summed E-state index contributed by atoms with van der Waals surface area (Å²) in [7, 11) is 0. The highest BCUT2D eigenvalue weighted by molar-refractivity contribution is 5.77. The van der Waals surface area contributed by atoms with Crippen LogP contribution in [0.15, 0.2) is 48.5 Å². The molecule has 0 radical (unpaired) electrons. The molecule has 1 aliphatic heterocycles. The van der Waals surface area contributed by atoms with Gasteiger partial charge in [0.05, 0.1) is 12.1 Å². The summed E-state index contributed by atoms with van der Waals surface area (Å²) in [6, 6.07) is 12.1. The van der Waals surface area contributed by atoms with Crippen LogP contribution in [-0.2, 0) is 17.4 Å². The number of rotatable bonds is 5. The van der Waals surface area contributed by atoms with E-state index < -0.39 is 17.6 Å². The normalized spacial score (nSPS) is 16.0. The third kappa shape index (κ3) is 4.43. The van der Waals surface area contributed by atoms with Gasteiger partial charge in [0.2, 0.25) is 0 Å². The van der Waals surface area contributed by atoms with Gasteiger partial charge in [-0.15, -0.1) is 0 Å². The molecule has 0 bridgehead atoms. The summed E-state index contributed by atoms with van der Waals surface area (Å²) < 4.78 is 48.7. The SMILES string of the molecule is O=C(COc1cccc(C(F)(F)F)c1)NCC1Cc2ccccc2O1. The first-order valence-corrected chi connectivity index (χ1v) is 7.73. The molecule has 1 amide bonds. The van der Waals surface area contributed by atoms with E-state index in [4.69, 9.17) is 9.47 Å². The molecule has 1 aliphatic rings. The van der Waals surface area contributed by atoms with Crippen molar-refractivity contribution in [2.24, 2.45) is 0 Å². The summed E-state index contributed by atoms with van der Waals surface area (Å²) >= 11 is 0. The molecule has 1 unspecified atom stereocenters. The van der Waals surface area contributed by atoms with Crippen molar-refractivity contribution in [2.75, 3.05) is 13.2 Å². The zero-order chi connectivity index (χ0) is 17.9. The number of hydrogen-bond acceptors (Lipinski definition) is 3. The minimum Gasteiger partial charge on any atom is -0.488 e. The molecule has 132 valence electrons. The van der Waals surface area contributed by atoms with Gasteiger partial charge in [0.1, 0.15) is 17.6 Å². The minimum atomic E-state index is -4.45. The maximum Gasteiger partial charge on any atom is 0.416 e. The number of carbonyl (C=O) groups is 1. The second-order valence-corrected chi connectivity index (χ2v) is 5.67. The highest BCUT2D eigenvalue weighted by atomic mass is 19.4. The molecule has 4 nitrogen and oxygen atoms in total. The second-order valence-electron chi connectivity index (χ2n) is 5.67. The summed E-state index contributed by atoms with van der Waals surface area (Å²) in [6.45, 7) is -0.0551. The number of para-hydroxylation sites is 1. The van der Waals surface area contributed by atoms with Crippen molar-refractivity contribution in [3.63, 3.8) is 0 Å². The molecule has 1 heterocycles. The minimum absolute atomic E-state index is 0.00510. The Labute approximate surface area is 142 Å². The van der Waals surface area contributed by atoms with Crippen molar-refractivity contribution >= 4 is 5.91 Å². The van der Waals surface area contributed by atoms with E-state index in [-0.39, 0.29) is 18.5 Å². The van der Waals surface area contributed by atoms with Gasteiger partial charge in [-0.2, -0.15) is 13.2 Å². The summed E-state index contributed by atoms with van der Waals surface area (Å²) in [4.78, 5) is 11.8. The van der Waals surface area contributed by atoms with E-state index in [9.17, 15) is 18.0 Å². The zero-order valence-electron chi connectivity index (χ0n) is 13.2. The molecule has 0 saturated carbocycles. The molecule has 0 aromatic heterocycles. The summed E-state index contributed by atoms with van der Waals surface area (Å²) in [6.07, 6.45) is -3.91. The van der Waals surface area contributed by atoms with Crippen molar-refractivity contribution < 1.29 is 27.4 Å². The van der Waals surface area contributed by atoms with Crippen LogP contribution in [0, 0.1) is 0 Å². The predicted octanol–water partition coefficient (Wildman–Crippen LogP) is 3.20. The fraction of sp³-hybridized carbons (Fsp3) is 0.278. The molecule has 1 N–H and O–H groups in total. The number of carbonyl (C=O) groups excluding carboxylic acids is 1. The molecule has 0 aliphatic carbocycles. The van der Waals surface area contributed by atoms with Crippen LogP contribution in [0.5, 0.6) is 11.5 Å². The highest BCUT2D eigenvalue weighted by Crippen LogP contribution is 2.31. The maximum atomic E-state index is 12.6. The molecular formula is C18H16F3NO3. The number of amides is 1. The standard InChI is InChI=1S/C18H16F3NO3/c19-18(20,21)13-5-3-6-14(9-13)24-11-17(23)22-10-15-8-12-4-1-2-7-16(12)25-15/h1-7,9,15H,8,10-11H2,(H,22,23). The van der Waals surface area contributed by atoms with Crippen LogP contribution in [0.1, 0.15) is 11.1 Å². The molecule has 25 heavy (non-hydrogen) atoms. The van der Waals surface area contributed by atoms with Crippen LogP contribution >= 0.6 is 0 Å². The zero-order valence-corrected chi connectivity index (χ0v) is 13.2. The molecular weight excluding hydrogens is 335 g/mol. The maximum absolute atomic E-state index is 12.6. The summed E-state index contributed by atoms with van der Waals surface area (Å²) in [5.74, 6) is 0.383. The molecule has 2 aromatic carbocycles. The first kappa shape index (κ1) is 17.1. The lowest BCUT2D eigenvalue weighted by atomic mass is 10.1. The fourth-order valence-corrected chi connectivity index (χ4v) is 2.56. The van der Waals surface area contributed by atoms with E-state index in [0.717, 1.165) is 23.4 Å². The third-order valence-corrected chi connectivity index (χ3v) is 3.77. The second kappa shape index (κ2) is 7.04. The lowest BCUT2D eigenvalue weighted by Crippen LogP contribution is -2.37. The van der Waals surface area contributed by atoms with Gasteiger partial charge in [0, 0.05) is 6.42 Å². The lowest BCUT2D eigenvalue weighted by Gasteiger charge is -2.13. The molecule has 2 aromatic rings. The summed E-state index contributed by atoms with van der Waals surface area (Å²) in [5, 5.41) is 2.66. The molecule has 3 rings (SSSR count). The lowest BCUT2D eigenvalue weighted by molar-refractivity contribution is -0.137. The number of halogens is 3. The van der Waals surface area contributed by atoms with Crippen LogP contribution in [-0.4, -0.2) is 25.2 Å². The molecule has 0 saturated heterocycles. The largest absolute Gasteiger partial charge is 0.488 e. The van der Waals surface area contributed by atoms with Gasteiger partial charge >= 0.3 is 6.18 Å². The first-order valence-electron chi connectivity index (χ1n) is 7.73. The van der Waals surface area contributed by atoms with Gasteiger partial charge in [-0.25, -0.2) is 0 Å². The van der Waals surface area contributed by atoms with E-state index in [2.05, 4.69) is 5.32 Å². The van der Waals surface area contributed by atoms with Gasteiger partial charge in [0.25, 0.3) is 5.91 Å². The Balaban J connectivity index is 1.45. The van der Waals surface area contributed by atoms with Crippen LogP contribution in [0.2, 0.25) is 0 Å². The predicted molar refractivity (Wildman–Crippen MR) is 84.5 cm³/mol. The van der Waals surface area contributed by atoms with Crippen molar-refractivity contribution in [1.29, 1.82) is 0 Å². The van der Waals surface area contributed by atoms with Crippen molar-refractivity contribution in [2.45, 2.75) is 18.7 Å². The Bertz CT molecular complexity index is 736. The van der Waals surface area contributed by atoms with Gasteiger partial charge < -0.3 is 14.8 Å².